The van der Waals surface area contributed by atoms with Crippen LogP contribution in [-0.4, -0.2) is 4.57 Å². The number of rotatable bonds is 2. The number of hydrogen-bond acceptors (Lipinski definition) is 0. The van der Waals surface area contributed by atoms with Crippen LogP contribution in [0.3, 0.4) is 0 Å². The fraction of sp³-hybridized carbons (Fsp3) is 0. The Hall–Kier alpha value is -5.92. The van der Waals surface area contributed by atoms with Gasteiger partial charge in [0.2, 0.25) is 0 Å². The van der Waals surface area contributed by atoms with E-state index in [-0.39, 0.29) is 0 Å². The molecule has 0 atom stereocenters. The molecule has 0 radical (unpaired) electrons. The van der Waals surface area contributed by atoms with Gasteiger partial charge in [0.1, 0.15) is 0 Å². The van der Waals surface area contributed by atoms with E-state index in [0.717, 1.165) is 0 Å². The van der Waals surface area contributed by atoms with E-state index in [9.17, 15) is 0 Å². The van der Waals surface area contributed by atoms with Crippen LogP contribution >= 0.6 is 0 Å². The summed E-state index contributed by atoms with van der Waals surface area (Å²) in [7, 11) is 0. The van der Waals surface area contributed by atoms with Gasteiger partial charge in [-0.05, 0) is 95.3 Å². The maximum Gasteiger partial charge on any atom is 0.0541 e. The van der Waals surface area contributed by atoms with Gasteiger partial charge < -0.3 is 4.57 Å². The van der Waals surface area contributed by atoms with Gasteiger partial charge in [0, 0.05) is 16.5 Å². The van der Waals surface area contributed by atoms with E-state index in [1.807, 2.05) is 0 Å². The first-order chi connectivity index (χ1) is 22.3. The lowest BCUT2D eigenvalue weighted by molar-refractivity contribution is 1.19. The summed E-state index contributed by atoms with van der Waals surface area (Å²) in [5.74, 6) is 0. The van der Waals surface area contributed by atoms with Crippen molar-refractivity contribution in [3.8, 4) is 16.8 Å². The van der Waals surface area contributed by atoms with Crippen LogP contribution in [0.5, 0.6) is 0 Å². The first kappa shape index (κ1) is 24.5. The molecule has 0 aliphatic carbocycles. The van der Waals surface area contributed by atoms with Crippen molar-refractivity contribution in [2.24, 2.45) is 0 Å². The average molecular weight is 570 g/mol. The second-order valence-electron chi connectivity index (χ2n) is 12.1. The summed E-state index contributed by atoms with van der Waals surface area (Å²) in [5.41, 5.74) is 6.13. The largest absolute Gasteiger partial charge is 0.309 e. The minimum atomic E-state index is 1.18. The standard InChI is InChI=1S/C44H27N/c1-2-12-28(13-3-1)29-22-24-37-39(26-29)31-14-4-6-18-35(31)44-38-25-23-30(27-40(38)32-15-5-7-19-36(32)43(37)44)45-41-20-10-8-16-33(41)34-17-9-11-21-42(34)45/h1-27H. The second kappa shape index (κ2) is 9.29. The summed E-state index contributed by atoms with van der Waals surface area (Å²) in [6.07, 6.45) is 0. The predicted molar refractivity (Wildman–Crippen MR) is 194 cm³/mol. The summed E-state index contributed by atoms with van der Waals surface area (Å²) >= 11 is 0. The first-order valence-corrected chi connectivity index (χ1v) is 15.6. The molecular formula is C44H27N. The molecule has 0 saturated heterocycles. The van der Waals surface area contributed by atoms with Crippen LogP contribution < -0.4 is 0 Å². The molecule has 0 N–H and O–H groups in total. The molecule has 1 heteroatoms. The van der Waals surface area contributed by atoms with Gasteiger partial charge in [0.25, 0.3) is 0 Å². The molecule has 208 valence electrons. The summed E-state index contributed by atoms with van der Waals surface area (Å²) in [4.78, 5) is 0. The lowest BCUT2D eigenvalue weighted by atomic mass is 9.86. The zero-order valence-electron chi connectivity index (χ0n) is 24.5. The van der Waals surface area contributed by atoms with Gasteiger partial charge in [0.15, 0.2) is 0 Å². The number of fused-ring (bicyclic) bond motifs is 14. The highest BCUT2D eigenvalue weighted by atomic mass is 15.0. The van der Waals surface area contributed by atoms with Gasteiger partial charge in [-0.2, -0.15) is 0 Å². The Labute approximate surface area is 260 Å². The van der Waals surface area contributed by atoms with E-state index in [0.29, 0.717) is 0 Å². The van der Waals surface area contributed by atoms with Crippen molar-refractivity contribution >= 4 is 75.7 Å². The molecule has 0 amide bonds. The molecule has 0 bridgehead atoms. The highest BCUT2D eigenvalue weighted by molar-refractivity contribution is 6.39. The van der Waals surface area contributed by atoms with Crippen molar-refractivity contribution in [3.63, 3.8) is 0 Å². The third kappa shape index (κ3) is 3.44. The molecule has 10 rings (SSSR count). The van der Waals surface area contributed by atoms with Crippen molar-refractivity contribution in [3.05, 3.63) is 164 Å². The highest BCUT2D eigenvalue weighted by Gasteiger charge is 2.18. The molecule has 9 aromatic carbocycles. The zero-order chi connectivity index (χ0) is 29.5. The molecule has 45 heavy (non-hydrogen) atoms. The van der Waals surface area contributed by atoms with Gasteiger partial charge in [-0.1, -0.05) is 133 Å². The Kier molecular flexibility index (Phi) is 5.06. The van der Waals surface area contributed by atoms with Crippen LogP contribution in [0.2, 0.25) is 0 Å². The lowest BCUT2D eigenvalue weighted by Crippen LogP contribution is -1.95. The molecule has 0 saturated carbocycles. The van der Waals surface area contributed by atoms with Crippen LogP contribution in [0.15, 0.2) is 164 Å². The van der Waals surface area contributed by atoms with Crippen LogP contribution in [0.4, 0.5) is 0 Å². The minimum absolute atomic E-state index is 1.18. The molecule has 0 aliphatic heterocycles. The average Bonchev–Trinajstić information content (AvgIpc) is 3.46. The number of hydrogen-bond donors (Lipinski definition) is 0. The van der Waals surface area contributed by atoms with Crippen molar-refractivity contribution in [2.45, 2.75) is 0 Å². The summed E-state index contributed by atoms with van der Waals surface area (Å²) in [6.45, 7) is 0. The molecule has 0 fully saturated rings. The number of nitrogens with zero attached hydrogens (tertiary/aromatic N) is 1. The van der Waals surface area contributed by atoms with Crippen LogP contribution in [0.25, 0.3) is 92.5 Å². The van der Waals surface area contributed by atoms with E-state index >= 15 is 0 Å². The molecular weight excluding hydrogens is 542 g/mol. The minimum Gasteiger partial charge on any atom is -0.309 e. The molecule has 1 aromatic heterocycles. The summed E-state index contributed by atoms with van der Waals surface area (Å²) in [5, 5.41) is 15.6. The van der Waals surface area contributed by atoms with Crippen molar-refractivity contribution in [2.75, 3.05) is 0 Å². The fourth-order valence-corrected chi connectivity index (χ4v) is 7.81. The Morgan fingerprint density at radius 3 is 1.31 bits per heavy atom. The predicted octanol–water partition coefficient (Wildman–Crippen LogP) is 12.2. The van der Waals surface area contributed by atoms with Crippen LogP contribution in [-0.2, 0) is 0 Å². The second-order valence-corrected chi connectivity index (χ2v) is 12.1. The smallest absolute Gasteiger partial charge is 0.0541 e. The van der Waals surface area contributed by atoms with Gasteiger partial charge in [0.05, 0.1) is 11.0 Å². The number of aromatic nitrogens is 1. The topological polar surface area (TPSA) is 4.93 Å². The molecule has 0 spiro atoms. The van der Waals surface area contributed by atoms with Crippen molar-refractivity contribution in [1.29, 1.82) is 0 Å². The molecule has 0 aliphatic rings. The molecule has 0 unspecified atom stereocenters. The summed E-state index contributed by atoms with van der Waals surface area (Å²) < 4.78 is 2.42. The van der Waals surface area contributed by atoms with Crippen molar-refractivity contribution < 1.29 is 0 Å². The zero-order valence-corrected chi connectivity index (χ0v) is 24.5. The van der Waals surface area contributed by atoms with Crippen molar-refractivity contribution in [1.82, 2.24) is 4.57 Å². The number of benzene rings is 9. The Balaban J connectivity index is 1.36. The first-order valence-electron chi connectivity index (χ1n) is 15.6. The third-order valence-electron chi connectivity index (χ3n) is 9.73. The van der Waals surface area contributed by atoms with E-state index in [4.69, 9.17) is 0 Å². The summed E-state index contributed by atoms with van der Waals surface area (Å²) in [6, 6.07) is 60.2. The van der Waals surface area contributed by atoms with Gasteiger partial charge in [-0.15, -0.1) is 0 Å². The normalized spacial score (nSPS) is 12.0. The Morgan fingerprint density at radius 1 is 0.267 bits per heavy atom. The monoisotopic (exact) mass is 569 g/mol. The third-order valence-corrected chi connectivity index (χ3v) is 9.73. The Morgan fingerprint density at radius 2 is 0.711 bits per heavy atom. The fourth-order valence-electron chi connectivity index (χ4n) is 7.81. The maximum atomic E-state index is 2.42. The van der Waals surface area contributed by atoms with E-state index in [2.05, 4.69) is 168 Å². The quantitative estimate of drug-likeness (QED) is 0.183. The lowest BCUT2D eigenvalue weighted by Gasteiger charge is -2.18. The van der Waals surface area contributed by atoms with E-state index in [1.165, 1.54) is 92.5 Å². The van der Waals surface area contributed by atoms with Crippen LogP contribution in [0.1, 0.15) is 0 Å². The van der Waals surface area contributed by atoms with Gasteiger partial charge in [-0.25, -0.2) is 0 Å². The SMILES string of the molecule is c1ccc(-c2ccc3c(c2)c2ccccc2c2c4ccc(-n5c6ccccc6c6ccccc65)cc4c4ccccc4c32)cc1. The molecule has 1 heterocycles. The van der Waals surface area contributed by atoms with Crippen LogP contribution in [0, 0.1) is 0 Å². The highest BCUT2D eigenvalue weighted by Crippen LogP contribution is 2.45. The molecule has 1 nitrogen and oxygen atoms in total. The number of para-hydroxylation sites is 2. The maximum absolute atomic E-state index is 2.42. The van der Waals surface area contributed by atoms with Gasteiger partial charge in [-0.3, -0.25) is 0 Å². The Bertz CT molecular complexity index is 2750. The van der Waals surface area contributed by atoms with E-state index < -0.39 is 0 Å². The van der Waals surface area contributed by atoms with Gasteiger partial charge >= 0.3 is 0 Å². The molecule has 10 aromatic rings. The van der Waals surface area contributed by atoms with E-state index in [1.54, 1.807) is 0 Å².